The van der Waals surface area contributed by atoms with Crippen molar-refractivity contribution in [2.24, 2.45) is 0 Å². The van der Waals surface area contributed by atoms with E-state index in [1.807, 2.05) is 12.1 Å². The van der Waals surface area contributed by atoms with Gasteiger partial charge in [-0.05, 0) is 12.8 Å². The van der Waals surface area contributed by atoms with Crippen LogP contribution in [0.4, 0.5) is 0 Å². The summed E-state index contributed by atoms with van der Waals surface area (Å²) in [5, 5.41) is 19.5. The van der Waals surface area contributed by atoms with Crippen LogP contribution in [0.2, 0.25) is 10.0 Å². The molecule has 1 aromatic carbocycles. The summed E-state index contributed by atoms with van der Waals surface area (Å²) in [5.41, 5.74) is 0.187. The lowest BCUT2D eigenvalue weighted by Crippen LogP contribution is -2.06. The molecule has 0 heterocycles. The average Bonchev–Trinajstić information content (AvgIpc) is 2.76. The second-order valence-corrected chi connectivity index (χ2v) is 8.25. The molecule has 0 radical (unpaired) electrons. The highest BCUT2D eigenvalue weighted by molar-refractivity contribution is 6.44. The van der Waals surface area contributed by atoms with Gasteiger partial charge >= 0.3 is 0 Å². The van der Waals surface area contributed by atoms with Crippen LogP contribution in [0.5, 0.6) is 11.5 Å². The van der Waals surface area contributed by atoms with Crippen LogP contribution < -0.4 is 9.47 Å². The summed E-state index contributed by atoms with van der Waals surface area (Å²) >= 11 is 12.8. The molecule has 0 amide bonds. The third kappa shape index (κ3) is 8.63. The Morgan fingerprint density at radius 3 is 1.27 bits per heavy atom. The predicted molar refractivity (Wildman–Crippen MR) is 124 cm³/mol. The smallest absolute Gasteiger partial charge is 0.158 e. The molecule has 0 aromatic heterocycles. The first kappa shape index (κ1) is 26.4. The molecule has 0 bridgehead atoms. The van der Waals surface area contributed by atoms with Gasteiger partial charge < -0.3 is 9.47 Å². The van der Waals surface area contributed by atoms with Crippen molar-refractivity contribution in [1.29, 1.82) is 10.5 Å². The van der Waals surface area contributed by atoms with E-state index in [0.717, 1.165) is 38.5 Å². The van der Waals surface area contributed by atoms with E-state index in [0.29, 0.717) is 13.2 Å². The molecule has 166 valence electrons. The second kappa shape index (κ2) is 16.1. The van der Waals surface area contributed by atoms with Gasteiger partial charge in [-0.25, -0.2) is 0 Å². The summed E-state index contributed by atoms with van der Waals surface area (Å²) in [6.07, 6.45) is 13.5. The number of ether oxygens (including phenoxy) is 2. The maximum Gasteiger partial charge on any atom is 0.158 e. The Hall–Kier alpha value is -1.62. The van der Waals surface area contributed by atoms with E-state index in [1.54, 1.807) is 0 Å². The Bertz CT molecular complexity index is 663. The van der Waals surface area contributed by atoms with E-state index < -0.39 is 0 Å². The maximum atomic E-state index is 9.62. The minimum atomic E-state index is 0.0934. The molecule has 1 aromatic rings. The topological polar surface area (TPSA) is 66.0 Å². The molecule has 0 aliphatic heterocycles. The first-order valence-corrected chi connectivity index (χ1v) is 12.0. The van der Waals surface area contributed by atoms with Crippen LogP contribution in [0.15, 0.2) is 0 Å². The molecule has 0 saturated carbocycles. The molecule has 0 spiro atoms. The van der Waals surface area contributed by atoms with Crippen molar-refractivity contribution < 1.29 is 9.47 Å². The normalized spacial score (nSPS) is 10.5. The Labute approximate surface area is 192 Å². The number of unbranched alkanes of at least 4 members (excludes halogenated alkanes) is 10. The fourth-order valence-corrected chi connectivity index (χ4v) is 3.71. The minimum absolute atomic E-state index is 0.0934. The zero-order chi connectivity index (χ0) is 22.2. The molecule has 0 fully saturated rings. The van der Waals surface area contributed by atoms with Crippen molar-refractivity contribution in [3.05, 3.63) is 21.2 Å². The number of halogens is 2. The largest absolute Gasteiger partial charge is 0.491 e. The number of nitriles is 2. The number of hydrogen-bond donors (Lipinski definition) is 0. The van der Waals surface area contributed by atoms with E-state index in [1.165, 1.54) is 38.5 Å². The summed E-state index contributed by atoms with van der Waals surface area (Å²) < 4.78 is 11.6. The molecule has 0 unspecified atom stereocenters. The van der Waals surface area contributed by atoms with Crippen molar-refractivity contribution in [1.82, 2.24) is 0 Å². The van der Waals surface area contributed by atoms with Gasteiger partial charge in [0.15, 0.2) is 11.5 Å². The van der Waals surface area contributed by atoms with E-state index >= 15 is 0 Å². The molecule has 30 heavy (non-hydrogen) atoms. The monoisotopic (exact) mass is 452 g/mol. The van der Waals surface area contributed by atoms with Gasteiger partial charge in [-0.1, -0.05) is 101 Å². The zero-order valence-electron chi connectivity index (χ0n) is 18.4. The van der Waals surface area contributed by atoms with Gasteiger partial charge in [-0.2, -0.15) is 10.5 Å². The number of nitrogens with zero attached hydrogens (tertiary/aromatic N) is 2. The number of benzene rings is 1. The summed E-state index contributed by atoms with van der Waals surface area (Å²) in [7, 11) is 0. The van der Waals surface area contributed by atoms with Gasteiger partial charge in [-0.3, -0.25) is 0 Å². The standard InChI is InChI=1S/C24H34Cl2N2O2/c1-3-5-7-9-11-13-15-29-23-19(17-27)20(18-28)24(22(26)21(23)25)30-16-14-12-10-8-6-4-2/h3-16H2,1-2H3. The maximum absolute atomic E-state index is 9.62. The van der Waals surface area contributed by atoms with Gasteiger partial charge in [0, 0.05) is 0 Å². The van der Waals surface area contributed by atoms with Gasteiger partial charge in [-0.15, -0.1) is 0 Å². The average molecular weight is 453 g/mol. The molecule has 0 aliphatic rings. The predicted octanol–water partition coefficient (Wildman–Crippen LogP) is 8.22. The third-order valence-corrected chi connectivity index (χ3v) is 5.83. The zero-order valence-corrected chi connectivity index (χ0v) is 19.9. The summed E-state index contributed by atoms with van der Waals surface area (Å²) in [6.45, 7) is 5.23. The molecule has 6 heteroatoms. The van der Waals surface area contributed by atoms with E-state index in [9.17, 15) is 10.5 Å². The van der Waals surface area contributed by atoms with Gasteiger partial charge in [0.25, 0.3) is 0 Å². The van der Waals surface area contributed by atoms with Crippen LogP contribution >= 0.6 is 23.2 Å². The van der Waals surface area contributed by atoms with Crippen LogP contribution in [0.1, 0.15) is 102 Å². The lowest BCUT2D eigenvalue weighted by atomic mass is 10.1. The van der Waals surface area contributed by atoms with Crippen LogP contribution in [0.25, 0.3) is 0 Å². The van der Waals surface area contributed by atoms with Crippen molar-refractivity contribution >= 4 is 23.2 Å². The molecular weight excluding hydrogens is 419 g/mol. The fourth-order valence-electron chi connectivity index (χ4n) is 3.24. The Morgan fingerprint density at radius 2 is 0.933 bits per heavy atom. The third-order valence-electron chi connectivity index (χ3n) is 5.01. The Balaban J connectivity index is 2.75. The SMILES string of the molecule is CCCCCCCCOc1c(Cl)c(Cl)c(OCCCCCCCC)c(C#N)c1C#N. The minimum Gasteiger partial charge on any atom is -0.491 e. The molecule has 4 nitrogen and oxygen atoms in total. The highest BCUT2D eigenvalue weighted by atomic mass is 35.5. The van der Waals surface area contributed by atoms with Crippen molar-refractivity contribution in [3.8, 4) is 23.6 Å². The molecular formula is C24H34Cl2N2O2. The van der Waals surface area contributed by atoms with E-state index in [2.05, 4.69) is 13.8 Å². The number of hydrogen-bond acceptors (Lipinski definition) is 4. The van der Waals surface area contributed by atoms with Crippen molar-refractivity contribution in [3.63, 3.8) is 0 Å². The van der Waals surface area contributed by atoms with E-state index in [4.69, 9.17) is 32.7 Å². The molecule has 0 N–H and O–H groups in total. The highest BCUT2D eigenvalue weighted by Gasteiger charge is 2.25. The molecule has 0 atom stereocenters. The van der Waals surface area contributed by atoms with Crippen molar-refractivity contribution in [2.45, 2.75) is 90.9 Å². The lowest BCUT2D eigenvalue weighted by molar-refractivity contribution is 0.295. The van der Waals surface area contributed by atoms with Crippen molar-refractivity contribution in [2.75, 3.05) is 13.2 Å². The van der Waals surface area contributed by atoms with Gasteiger partial charge in [0.2, 0.25) is 0 Å². The van der Waals surface area contributed by atoms with Gasteiger partial charge in [0.1, 0.15) is 33.3 Å². The lowest BCUT2D eigenvalue weighted by Gasteiger charge is -2.16. The second-order valence-electron chi connectivity index (χ2n) is 7.49. The first-order chi connectivity index (χ1) is 14.6. The molecule has 0 saturated heterocycles. The summed E-state index contributed by atoms with van der Waals surface area (Å²) in [6, 6.07) is 4.09. The van der Waals surface area contributed by atoms with Crippen LogP contribution in [0, 0.1) is 22.7 Å². The molecule has 1 rings (SSSR count). The van der Waals surface area contributed by atoms with Crippen LogP contribution in [-0.2, 0) is 0 Å². The molecule has 0 aliphatic carbocycles. The highest BCUT2D eigenvalue weighted by Crippen LogP contribution is 2.45. The van der Waals surface area contributed by atoms with Crippen LogP contribution in [-0.4, -0.2) is 13.2 Å². The Kier molecular flexibility index (Phi) is 14.2. The summed E-state index contributed by atoms with van der Waals surface area (Å²) in [5.74, 6) is 0.363. The number of rotatable bonds is 16. The van der Waals surface area contributed by atoms with Crippen LogP contribution in [0.3, 0.4) is 0 Å². The quantitative estimate of drug-likeness (QED) is 0.237. The summed E-state index contributed by atoms with van der Waals surface area (Å²) in [4.78, 5) is 0. The van der Waals surface area contributed by atoms with E-state index in [-0.39, 0.29) is 32.7 Å². The van der Waals surface area contributed by atoms with Gasteiger partial charge in [0.05, 0.1) is 13.2 Å². The first-order valence-electron chi connectivity index (χ1n) is 11.2. The Morgan fingerprint density at radius 1 is 0.600 bits per heavy atom. The fraction of sp³-hybridized carbons (Fsp3) is 0.667.